The number of rotatable bonds is 6. The zero-order valence-corrected chi connectivity index (χ0v) is 11.7. The Morgan fingerprint density at radius 3 is 2.72 bits per heavy atom. The molecule has 0 aliphatic carbocycles. The first-order valence-corrected chi connectivity index (χ1v) is 6.39. The van der Waals surface area contributed by atoms with Gasteiger partial charge >= 0.3 is 0 Å². The lowest BCUT2D eigenvalue weighted by atomic mass is 9.85. The highest BCUT2D eigenvalue weighted by Crippen LogP contribution is 2.24. The van der Waals surface area contributed by atoms with E-state index in [1.165, 1.54) is 0 Å². The molecule has 102 valence electrons. The van der Waals surface area contributed by atoms with Gasteiger partial charge in [0.2, 0.25) is 11.8 Å². The molecule has 1 aromatic rings. The quantitative estimate of drug-likeness (QED) is 0.810. The molecule has 0 saturated heterocycles. The fourth-order valence-corrected chi connectivity index (χ4v) is 1.68. The third-order valence-corrected chi connectivity index (χ3v) is 2.73. The number of aromatic nitrogens is 2. The van der Waals surface area contributed by atoms with Gasteiger partial charge < -0.3 is 15.8 Å². The van der Waals surface area contributed by atoms with Gasteiger partial charge in [0, 0.05) is 18.3 Å². The summed E-state index contributed by atoms with van der Waals surface area (Å²) in [4.78, 5) is 8.53. The van der Waals surface area contributed by atoms with E-state index in [1.807, 2.05) is 6.92 Å². The molecule has 0 radical (unpaired) electrons. The van der Waals surface area contributed by atoms with Gasteiger partial charge in [0.1, 0.15) is 0 Å². The molecule has 0 aliphatic heterocycles. The van der Waals surface area contributed by atoms with E-state index < -0.39 is 0 Å². The van der Waals surface area contributed by atoms with E-state index in [2.05, 4.69) is 36.1 Å². The summed E-state index contributed by atoms with van der Waals surface area (Å²) in [5.41, 5.74) is 5.75. The van der Waals surface area contributed by atoms with Crippen LogP contribution in [0.1, 0.15) is 34.1 Å². The fraction of sp³-hybridized carbons (Fsp3) is 0.692. The summed E-state index contributed by atoms with van der Waals surface area (Å²) in [5.74, 6) is 1.18. The van der Waals surface area contributed by atoms with Crippen LogP contribution in [-0.2, 0) is 0 Å². The van der Waals surface area contributed by atoms with Crippen molar-refractivity contribution < 1.29 is 4.74 Å². The average molecular weight is 252 g/mol. The Hall–Kier alpha value is -1.36. The van der Waals surface area contributed by atoms with Gasteiger partial charge in [0.25, 0.3) is 0 Å². The zero-order valence-electron chi connectivity index (χ0n) is 11.7. The lowest BCUT2D eigenvalue weighted by Crippen LogP contribution is -2.36. The van der Waals surface area contributed by atoms with E-state index in [4.69, 9.17) is 10.5 Å². The monoisotopic (exact) mass is 252 g/mol. The second-order valence-electron chi connectivity index (χ2n) is 5.29. The van der Waals surface area contributed by atoms with Crippen molar-refractivity contribution in [1.29, 1.82) is 0 Å². The minimum Gasteiger partial charge on any atom is -0.478 e. The van der Waals surface area contributed by atoms with E-state index >= 15 is 0 Å². The number of nitrogens with two attached hydrogens (primary N) is 1. The second kappa shape index (κ2) is 6.54. The summed E-state index contributed by atoms with van der Waals surface area (Å²) in [5, 5.41) is 3.34. The second-order valence-corrected chi connectivity index (χ2v) is 5.29. The van der Waals surface area contributed by atoms with E-state index in [0.717, 1.165) is 6.42 Å². The first-order chi connectivity index (χ1) is 8.47. The van der Waals surface area contributed by atoms with E-state index in [-0.39, 0.29) is 11.5 Å². The molecular weight excluding hydrogens is 228 g/mol. The van der Waals surface area contributed by atoms with Crippen molar-refractivity contribution in [2.24, 2.45) is 11.1 Å². The third kappa shape index (κ3) is 4.49. The van der Waals surface area contributed by atoms with Gasteiger partial charge in [-0.15, -0.1) is 0 Å². The number of nitrogens with one attached hydrogen (secondary N) is 1. The smallest absolute Gasteiger partial charge is 0.226 e. The van der Waals surface area contributed by atoms with Crippen molar-refractivity contribution in [3.8, 4) is 5.88 Å². The Kier molecular flexibility index (Phi) is 5.34. The van der Waals surface area contributed by atoms with Gasteiger partial charge in [0.15, 0.2) is 0 Å². The van der Waals surface area contributed by atoms with Crippen molar-refractivity contribution in [3.05, 3.63) is 12.3 Å². The largest absolute Gasteiger partial charge is 0.478 e. The molecule has 0 fully saturated rings. The van der Waals surface area contributed by atoms with Gasteiger partial charge in [-0.1, -0.05) is 20.8 Å². The molecule has 3 N–H and O–H groups in total. The molecule has 1 heterocycles. The topological polar surface area (TPSA) is 73.1 Å². The van der Waals surface area contributed by atoms with Gasteiger partial charge in [-0.25, -0.2) is 4.98 Å². The zero-order chi connectivity index (χ0) is 13.6. The third-order valence-electron chi connectivity index (χ3n) is 2.73. The molecule has 0 bridgehead atoms. The molecule has 1 unspecified atom stereocenters. The van der Waals surface area contributed by atoms with Crippen LogP contribution in [0, 0.1) is 5.41 Å². The van der Waals surface area contributed by atoms with Crippen LogP contribution in [0.5, 0.6) is 5.88 Å². The minimum atomic E-state index is 0.102. The summed E-state index contributed by atoms with van der Waals surface area (Å²) in [6, 6.07) is 1.99. The highest BCUT2D eigenvalue weighted by molar-refractivity contribution is 5.29. The van der Waals surface area contributed by atoms with E-state index in [1.54, 1.807) is 12.3 Å². The van der Waals surface area contributed by atoms with Crippen molar-refractivity contribution >= 4 is 5.95 Å². The molecule has 0 aliphatic rings. The maximum Gasteiger partial charge on any atom is 0.226 e. The number of nitrogens with zero attached hydrogens (tertiary/aromatic N) is 2. The highest BCUT2D eigenvalue weighted by atomic mass is 16.5. The average Bonchev–Trinajstić information content (AvgIpc) is 2.28. The Morgan fingerprint density at radius 2 is 2.17 bits per heavy atom. The predicted molar refractivity (Wildman–Crippen MR) is 73.7 cm³/mol. The number of hydrogen-bond acceptors (Lipinski definition) is 5. The van der Waals surface area contributed by atoms with Crippen LogP contribution >= 0.6 is 0 Å². The number of ether oxygens (including phenoxy) is 1. The molecule has 5 nitrogen and oxygen atoms in total. The molecular formula is C13H24N4O. The van der Waals surface area contributed by atoms with Gasteiger partial charge in [0.05, 0.1) is 6.61 Å². The molecule has 0 amide bonds. The minimum absolute atomic E-state index is 0.102. The van der Waals surface area contributed by atoms with Crippen molar-refractivity contribution in [2.75, 3.05) is 18.5 Å². The van der Waals surface area contributed by atoms with Crippen LogP contribution in [0.15, 0.2) is 12.3 Å². The van der Waals surface area contributed by atoms with Crippen LogP contribution in [-0.4, -0.2) is 29.2 Å². The lowest BCUT2D eigenvalue weighted by Gasteiger charge is -2.31. The molecule has 5 heteroatoms. The molecule has 18 heavy (non-hydrogen) atoms. The summed E-state index contributed by atoms with van der Waals surface area (Å²) in [6.45, 7) is 9.69. The van der Waals surface area contributed by atoms with Crippen molar-refractivity contribution in [2.45, 2.75) is 40.2 Å². The highest BCUT2D eigenvalue weighted by Gasteiger charge is 2.24. The maximum absolute atomic E-state index is 5.65. The van der Waals surface area contributed by atoms with Crippen LogP contribution < -0.4 is 15.8 Å². The summed E-state index contributed by atoms with van der Waals surface area (Å²) < 4.78 is 5.36. The molecule has 0 aromatic carbocycles. The predicted octanol–water partition coefficient (Wildman–Crippen LogP) is 2.05. The first-order valence-electron chi connectivity index (χ1n) is 6.39. The Morgan fingerprint density at radius 1 is 1.44 bits per heavy atom. The molecule has 1 aromatic heterocycles. The molecule has 1 rings (SSSR count). The molecule has 0 saturated carbocycles. The number of hydrogen-bond donors (Lipinski definition) is 2. The van der Waals surface area contributed by atoms with Crippen molar-refractivity contribution in [3.63, 3.8) is 0 Å². The van der Waals surface area contributed by atoms with Gasteiger partial charge in [-0.05, 0) is 25.3 Å². The van der Waals surface area contributed by atoms with E-state index in [0.29, 0.717) is 25.0 Å². The lowest BCUT2D eigenvalue weighted by molar-refractivity contribution is 0.320. The van der Waals surface area contributed by atoms with Crippen LogP contribution in [0.25, 0.3) is 0 Å². The molecule has 0 spiro atoms. The van der Waals surface area contributed by atoms with Gasteiger partial charge in [-0.2, -0.15) is 4.98 Å². The summed E-state index contributed by atoms with van der Waals surface area (Å²) in [6.07, 6.45) is 2.58. The SMILES string of the molecule is CCOc1ccnc(NC(CCN)C(C)(C)C)n1. The van der Waals surface area contributed by atoms with E-state index in [9.17, 15) is 0 Å². The van der Waals surface area contributed by atoms with Gasteiger partial charge in [-0.3, -0.25) is 0 Å². The van der Waals surface area contributed by atoms with Crippen LogP contribution in [0.4, 0.5) is 5.95 Å². The standard InChI is InChI=1S/C13H24N4O/c1-5-18-11-7-9-15-12(17-11)16-10(6-8-14)13(2,3)4/h7,9-10H,5-6,8,14H2,1-4H3,(H,15,16,17). The maximum atomic E-state index is 5.65. The Bertz CT molecular complexity index is 362. The Labute approximate surface area is 109 Å². The summed E-state index contributed by atoms with van der Waals surface area (Å²) in [7, 11) is 0. The van der Waals surface area contributed by atoms with Crippen LogP contribution in [0.3, 0.4) is 0 Å². The molecule has 1 atom stereocenters. The fourth-order valence-electron chi connectivity index (χ4n) is 1.68. The number of anilines is 1. The summed E-state index contributed by atoms with van der Waals surface area (Å²) >= 11 is 0. The first kappa shape index (κ1) is 14.7. The normalized spacial score (nSPS) is 13.2. The van der Waals surface area contributed by atoms with Crippen LogP contribution in [0.2, 0.25) is 0 Å². The Balaban J connectivity index is 2.77. The van der Waals surface area contributed by atoms with Crippen molar-refractivity contribution in [1.82, 2.24) is 9.97 Å².